The molecule has 5 rings (SSSR count). The van der Waals surface area contributed by atoms with Crippen molar-refractivity contribution in [2.75, 3.05) is 24.6 Å². The van der Waals surface area contributed by atoms with Crippen molar-refractivity contribution in [2.45, 2.75) is 25.8 Å². The lowest BCUT2D eigenvalue weighted by molar-refractivity contribution is -0.126. The molecule has 0 fully saturated rings. The molecule has 1 spiro atoms. The van der Waals surface area contributed by atoms with Gasteiger partial charge in [-0.05, 0) is 31.5 Å². The number of para-hydroxylation sites is 1. The van der Waals surface area contributed by atoms with Crippen LogP contribution >= 0.6 is 0 Å². The number of aryl methyl sites for hydroxylation is 1. The standard InChI is InChI=1S/C24H22N2O5/c1-3-10-25-17-7-5-4-6-16(17)24(23(25)30)19-20(28)15-13-14(2)8-9-18(15)31-21(19)22(29)26(24)11-12-27/h4-9,13,27H,3,10-12H2,1-2H3. The molecule has 7 nitrogen and oxygen atoms in total. The van der Waals surface area contributed by atoms with Gasteiger partial charge in [0.25, 0.3) is 11.8 Å². The van der Waals surface area contributed by atoms with E-state index >= 15 is 0 Å². The van der Waals surface area contributed by atoms with Gasteiger partial charge in [-0.3, -0.25) is 14.4 Å². The van der Waals surface area contributed by atoms with Crippen molar-refractivity contribution in [1.82, 2.24) is 4.90 Å². The van der Waals surface area contributed by atoms with Gasteiger partial charge in [-0.2, -0.15) is 0 Å². The molecule has 7 heteroatoms. The minimum absolute atomic E-state index is 0.0418. The smallest absolute Gasteiger partial charge is 0.291 e. The van der Waals surface area contributed by atoms with Crippen molar-refractivity contribution in [3.8, 4) is 0 Å². The predicted octanol–water partition coefficient (Wildman–Crippen LogP) is 2.55. The van der Waals surface area contributed by atoms with Gasteiger partial charge < -0.3 is 19.3 Å². The van der Waals surface area contributed by atoms with Gasteiger partial charge >= 0.3 is 0 Å². The number of nitrogens with zero attached hydrogens (tertiary/aromatic N) is 2. The summed E-state index contributed by atoms with van der Waals surface area (Å²) in [4.78, 5) is 44.1. The van der Waals surface area contributed by atoms with Crippen LogP contribution in [0.1, 0.15) is 40.6 Å². The Morgan fingerprint density at radius 3 is 2.58 bits per heavy atom. The summed E-state index contributed by atoms with van der Waals surface area (Å²) in [5.74, 6) is -1.06. The molecule has 0 aliphatic carbocycles. The number of amides is 2. The molecule has 2 aliphatic heterocycles. The van der Waals surface area contributed by atoms with Crippen LogP contribution in [-0.4, -0.2) is 41.5 Å². The van der Waals surface area contributed by atoms with Crippen LogP contribution in [0.2, 0.25) is 0 Å². The van der Waals surface area contributed by atoms with Gasteiger partial charge in [0.05, 0.1) is 23.2 Å². The molecule has 1 atom stereocenters. The van der Waals surface area contributed by atoms with Gasteiger partial charge in [0.1, 0.15) is 5.58 Å². The fourth-order valence-electron chi connectivity index (χ4n) is 4.95. The van der Waals surface area contributed by atoms with E-state index in [1.165, 1.54) is 4.90 Å². The fourth-order valence-corrected chi connectivity index (χ4v) is 4.95. The molecule has 2 aromatic carbocycles. The lowest BCUT2D eigenvalue weighted by atomic mass is 9.84. The topological polar surface area (TPSA) is 91.1 Å². The summed E-state index contributed by atoms with van der Waals surface area (Å²) in [5, 5.41) is 10.1. The van der Waals surface area contributed by atoms with Crippen LogP contribution in [0.25, 0.3) is 11.0 Å². The van der Waals surface area contributed by atoms with E-state index in [0.29, 0.717) is 35.2 Å². The summed E-state index contributed by atoms with van der Waals surface area (Å²) >= 11 is 0. The van der Waals surface area contributed by atoms with E-state index in [-0.39, 0.29) is 30.4 Å². The first kappa shape index (κ1) is 19.5. The van der Waals surface area contributed by atoms with E-state index in [9.17, 15) is 19.5 Å². The minimum Gasteiger partial charge on any atom is -0.450 e. The van der Waals surface area contributed by atoms with E-state index in [0.717, 1.165) is 5.56 Å². The molecular weight excluding hydrogens is 396 g/mol. The zero-order valence-corrected chi connectivity index (χ0v) is 17.3. The first-order chi connectivity index (χ1) is 15.0. The number of hydrogen-bond donors (Lipinski definition) is 1. The van der Waals surface area contributed by atoms with Gasteiger partial charge in [-0.1, -0.05) is 36.8 Å². The Hall–Kier alpha value is -3.45. The van der Waals surface area contributed by atoms with E-state index in [1.54, 1.807) is 35.2 Å². The van der Waals surface area contributed by atoms with Crippen LogP contribution in [0.15, 0.2) is 51.7 Å². The molecule has 0 bridgehead atoms. The molecule has 1 unspecified atom stereocenters. The highest BCUT2D eigenvalue weighted by Gasteiger charge is 2.64. The first-order valence-electron chi connectivity index (χ1n) is 10.4. The lowest BCUT2D eigenvalue weighted by Gasteiger charge is -2.33. The largest absolute Gasteiger partial charge is 0.450 e. The fraction of sp³-hybridized carbons (Fsp3) is 0.292. The Morgan fingerprint density at radius 2 is 1.84 bits per heavy atom. The Morgan fingerprint density at radius 1 is 1.06 bits per heavy atom. The van der Waals surface area contributed by atoms with Crippen LogP contribution in [0.4, 0.5) is 5.69 Å². The summed E-state index contributed by atoms with van der Waals surface area (Å²) in [7, 11) is 0. The number of benzene rings is 2. The second kappa shape index (κ2) is 6.78. The summed E-state index contributed by atoms with van der Waals surface area (Å²) in [6, 6.07) is 12.4. The van der Waals surface area contributed by atoms with Crippen molar-refractivity contribution in [1.29, 1.82) is 0 Å². The maximum Gasteiger partial charge on any atom is 0.291 e. The minimum atomic E-state index is -1.64. The van der Waals surface area contributed by atoms with Gasteiger partial charge in [0, 0.05) is 18.7 Å². The van der Waals surface area contributed by atoms with E-state index < -0.39 is 16.9 Å². The van der Waals surface area contributed by atoms with E-state index in [2.05, 4.69) is 0 Å². The first-order valence-corrected chi connectivity index (χ1v) is 10.4. The normalized spacial score (nSPS) is 19.6. The predicted molar refractivity (Wildman–Crippen MR) is 115 cm³/mol. The van der Waals surface area contributed by atoms with Gasteiger partial charge in [0.2, 0.25) is 5.76 Å². The highest BCUT2D eigenvalue weighted by molar-refractivity contribution is 6.17. The number of rotatable bonds is 4. The Balaban J connectivity index is 1.93. The van der Waals surface area contributed by atoms with Crippen LogP contribution < -0.4 is 10.3 Å². The summed E-state index contributed by atoms with van der Waals surface area (Å²) in [5.41, 5.74) is 0.411. The quantitative estimate of drug-likeness (QED) is 0.703. The second-order valence-corrected chi connectivity index (χ2v) is 8.00. The SMILES string of the molecule is CCCN1C(=O)C2(c3ccccc31)c1c(oc3ccc(C)cc3c1=O)C(=O)N2CCO. The third-order valence-corrected chi connectivity index (χ3v) is 6.16. The number of carbonyl (C=O) groups excluding carboxylic acids is 2. The van der Waals surface area contributed by atoms with E-state index in [4.69, 9.17) is 4.42 Å². The lowest BCUT2D eigenvalue weighted by Crippen LogP contribution is -2.54. The summed E-state index contributed by atoms with van der Waals surface area (Å²) in [6.45, 7) is 3.83. The molecule has 158 valence electrons. The zero-order chi connectivity index (χ0) is 21.9. The molecular formula is C24H22N2O5. The molecule has 3 heterocycles. The van der Waals surface area contributed by atoms with Crippen LogP contribution in [0.5, 0.6) is 0 Å². The zero-order valence-electron chi connectivity index (χ0n) is 17.3. The van der Waals surface area contributed by atoms with Crippen molar-refractivity contribution < 1.29 is 19.1 Å². The maximum atomic E-state index is 14.0. The Bertz CT molecular complexity index is 1310. The molecule has 1 N–H and O–H groups in total. The van der Waals surface area contributed by atoms with Crippen molar-refractivity contribution in [3.05, 3.63) is 75.1 Å². The summed E-state index contributed by atoms with van der Waals surface area (Å²) < 4.78 is 5.93. The molecule has 3 aromatic rings. The third kappa shape index (κ3) is 2.35. The van der Waals surface area contributed by atoms with Crippen LogP contribution in [-0.2, 0) is 10.3 Å². The van der Waals surface area contributed by atoms with Crippen molar-refractivity contribution >= 4 is 28.5 Å². The van der Waals surface area contributed by atoms with Crippen LogP contribution in [0.3, 0.4) is 0 Å². The van der Waals surface area contributed by atoms with Gasteiger partial charge in [-0.25, -0.2) is 0 Å². The van der Waals surface area contributed by atoms with Crippen LogP contribution in [0, 0.1) is 6.92 Å². The average molecular weight is 418 g/mol. The number of β-amino-alcohol motifs (C(OH)–C–C–N with tert-alkyl or cyclic N) is 1. The number of hydrogen-bond acceptors (Lipinski definition) is 5. The van der Waals surface area contributed by atoms with E-state index in [1.807, 2.05) is 26.0 Å². The molecule has 2 amide bonds. The molecule has 2 aliphatic rings. The number of carbonyl (C=O) groups is 2. The van der Waals surface area contributed by atoms with Gasteiger partial charge in [0.15, 0.2) is 11.0 Å². The Kier molecular flexibility index (Phi) is 4.27. The highest BCUT2D eigenvalue weighted by Crippen LogP contribution is 2.52. The number of fused-ring (bicyclic) bond motifs is 5. The monoisotopic (exact) mass is 418 g/mol. The third-order valence-electron chi connectivity index (χ3n) is 6.16. The number of aliphatic hydroxyl groups is 1. The molecule has 0 radical (unpaired) electrons. The number of anilines is 1. The molecule has 0 saturated carbocycles. The number of aliphatic hydroxyl groups excluding tert-OH is 1. The molecule has 1 aromatic heterocycles. The summed E-state index contributed by atoms with van der Waals surface area (Å²) in [6.07, 6.45) is 0.711. The van der Waals surface area contributed by atoms with Crippen molar-refractivity contribution in [3.63, 3.8) is 0 Å². The maximum absolute atomic E-state index is 14.0. The van der Waals surface area contributed by atoms with Crippen molar-refractivity contribution in [2.24, 2.45) is 0 Å². The molecule has 0 saturated heterocycles. The highest BCUT2D eigenvalue weighted by atomic mass is 16.3. The Labute approximate surface area is 178 Å². The second-order valence-electron chi connectivity index (χ2n) is 8.00. The van der Waals surface area contributed by atoms with Gasteiger partial charge in [-0.15, -0.1) is 0 Å². The molecule has 31 heavy (non-hydrogen) atoms. The average Bonchev–Trinajstić information content (AvgIpc) is 3.15.